The Labute approximate surface area is 143 Å². The second-order valence-electron chi connectivity index (χ2n) is 6.43. The van der Waals surface area contributed by atoms with E-state index in [0.717, 1.165) is 19.3 Å². The van der Waals surface area contributed by atoms with Crippen LogP contribution in [-0.4, -0.2) is 37.8 Å². The van der Waals surface area contributed by atoms with Crippen molar-refractivity contribution in [2.24, 2.45) is 5.92 Å². The molecule has 5 nitrogen and oxygen atoms in total. The summed E-state index contributed by atoms with van der Waals surface area (Å²) in [5.74, 6) is 0.379. The second-order valence-corrected chi connectivity index (χ2v) is 9.50. The van der Waals surface area contributed by atoms with Gasteiger partial charge in [-0.05, 0) is 36.6 Å². The molecule has 0 radical (unpaired) electrons. The number of carbonyl (C=O) groups is 1. The lowest BCUT2D eigenvalue weighted by Gasteiger charge is -2.34. The maximum atomic E-state index is 12.8. The zero-order valence-electron chi connectivity index (χ0n) is 13.8. The topological polar surface area (TPSA) is 66.5 Å². The zero-order valence-corrected chi connectivity index (χ0v) is 15.5. The number of nitrogens with one attached hydrogen (secondary N) is 1. The fourth-order valence-corrected chi connectivity index (χ4v) is 5.77. The van der Waals surface area contributed by atoms with Gasteiger partial charge in [-0.2, -0.15) is 4.31 Å². The van der Waals surface area contributed by atoms with Crippen molar-refractivity contribution in [3.8, 4) is 0 Å². The van der Waals surface area contributed by atoms with Crippen molar-refractivity contribution in [1.29, 1.82) is 0 Å². The monoisotopic (exact) mass is 358 g/mol. The Kier molecular flexibility index (Phi) is 6.61. The first kappa shape index (κ1) is 18.4. The first-order chi connectivity index (χ1) is 10.9. The van der Waals surface area contributed by atoms with Crippen LogP contribution in [0.1, 0.15) is 46.0 Å². The molecule has 0 bridgehead atoms. The van der Waals surface area contributed by atoms with Crippen molar-refractivity contribution < 1.29 is 13.2 Å². The highest BCUT2D eigenvalue weighted by atomic mass is 32.2. The number of sulfonamides is 1. The molecule has 2 heterocycles. The van der Waals surface area contributed by atoms with Gasteiger partial charge in [0.15, 0.2) is 0 Å². The Balaban J connectivity index is 1.95. The molecule has 1 aromatic rings. The van der Waals surface area contributed by atoms with Crippen LogP contribution in [0, 0.1) is 5.92 Å². The smallest absolute Gasteiger partial charge is 0.252 e. The highest BCUT2D eigenvalue weighted by Gasteiger charge is 2.33. The highest BCUT2D eigenvalue weighted by molar-refractivity contribution is 7.91. The van der Waals surface area contributed by atoms with Gasteiger partial charge in [-0.25, -0.2) is 8.42 Å². The molecule has 0 aliphatic carbocycles. The van der Waals surface area contributed by atoms with Gasteiger partial charge < -0.3 is 5.32 Å². The normalized spacial score (nSPS) is 19.9. The van der Waals surface area contributed by atoms with Crippen molar-refractivity contribution >= 4 is 27.3 Å². The zero-order chi connectivity index (χ0) is 16.9. The van der Waals surface area contributed by atoms with Gasteiger partial charge in [-0.1, -0.05) is 26.3 Å². The molecular formula is C16H26N2O3S2. The molecule has 1 aliphatic rings. The predicted octanol–water partition coefficient (Wildman–Crippen LogP) is 2.84. The number of hydrogen-bond donors (Lipinski definition) is 1. The van der Waals surface area contributed by atoms with Gasteiger partial charge in [0.2, 0.25) is 5.91 Å². The van der Waals surface area contributed by atoms with Crippen LogP contribution in [0.25, 0.3) is 0 Å². The number of hydrogen-bond acceptors (Lipinski definition) is 4. The summed E-state index contributed by atoms with van der Waals surface area (Å²) in [4.78, 5) is 11.7. The number of amides is 1. The molecule has 1 N–H and O–H groups in total. The van der Waals surface area contributed by atoms with E-state index >= 15 is 0 Å². The molecule has 1 aromatic heterocycles. The number of rotatable bonds is 7. The Hall–Kier alpha value is -0.920. The van der Waals surface area contributed by atoms with Crippen LogP contribution in [0.15, 0.2) is 21.7 Å². The average Bonchev–Trinajstić information content (AvgIpc) is 3.02. The summed E-state index contributed by atoms with van der Waals surface area (Å²) in [5.41, 5.74) is 0. The third kappa shape index (κ3) is 5.02. The molecule has 0 aromatic carbocycles. The van der Waals surface area contributed by atoms with Crippen molar-refractivity contribution in [2.75, 3.05) is 13.1 Å². The molecule has 7 heteroatoms. The van der Waals surface area contributed by atoms with E-state index in [-0.39, 0.29) is 11.9 Å². The molecule has 2 rings (SSSR count). The Bertz CT molecular complexity index is 597. The van der Waals surface area contributed by atoms with E-state index < -0.39 is 10.0 Å². The molecular weight excluding hydrogens is 332 g/mol. The maximum Gasteiger partial charge on any atom is 0.252 e. The van der Waals surface area contributed by atoms with E-state index in [9.17, 15) is 13.2 Å². The van der Waals surface area contributed by atoms with Crippen molar-refractivity contribution in [1.82, 2.24) is 9.62 Å². The maximum absolute atomic E-state index is 12.8. The van der Waals surface area contributed by atoms with Crippen LogP contribution in [0.4, 0.5) is 0 Å². The summed E-state index contributed by atoms with van der Waals surface area (Å²) in [5, 5.41) is 4.70. The summed E-state index contributed by atoms with van der Waals surface area (Å²) >= 11 is 1.26. The molecule has 1 aliphatic heterocycles. The van der Waals surface area contributed by atoms with E-state index in [1.54, 1.807) is 21.8 Å². The fourth-order valence-electron chi connectivity index (χ4n) is 2.93. The molecule has 0 saturated carbocycles. The van der Waals surface area contributed by atoms with Gasteiger partial charge in [0.05, 0.1) is 0 Å². The van der Waals surface area contributed by atoms with Crippen LogP contribution in [0.2, 0.25) is 0 Å². The summed E-state index contributed by atoms with van der Waals surface area (Å²) in [6, 6.07) is 3.41. The van der Waals surface area contributed by atoms with Crippen LogP contribution >= 0.6 is 11.3 Å². The summed E-state index contributed by atoms with van der Waals surface area (Å²) in [6.45, 7) is 5.13. The van der Waals surface area contributed by atoms with E-state index in [2.05, 4.69) is 5.32 Å². The van der Waals surface area contributed by atoms with Gasteiger partial charge in [-0.15, -0.1) is 11.3 Å². The lowest BCUT2D eigenvalue weighted by molar-refractivity contribution is -0.121. The summed E-state index contributed by atoms with van der Waals surface area (Å²) < 4.78 is 27.5. The third-order valence-corrected chi connectivity index (χ3v) is 7.35. The Morgan fingerprint density at radius 1 is 1.43 bits per heavy atom. The molecule has 1 unspecified atom stereocenters. The van der Waals surface area contributed by atoms with Crippen LogP contribution in [-0.2, 0) is 14.8 Å². The Morgan fingerprint density at radius 2 is 2.22 bits per heavy atom. The van der Waals surface area contributed by atoms with E-state index in [1.807, 2.05) is 13.8 Å². The minimum absolute atomic E-state index is 0.0183. The molecule has 1 fully saturated rings. The Morgan fingerprint density at radius 3 is 2.87 bits per heavy atom. The van der Waals surface area contributed by atoms with E-state index in [0.29, 0.717) is 36.1 Å². The largest absolute Gasteiger partial charge is 0.356 e. The third-order valence-electron chi connectivity index (χ3n) is 4.02. The lowest BCUT2D eigenvalue weighted by Crippen LogP contribution is -2.45. The summed E-state index contributed by atoms with van der Waals surface area (Å²) in [6.07, 6.45) is 4.00. The fraction of sp³-hybridized carbons (Fsp3) is 0.688. The first-order valence-corrected chi connectivity index (χ1v) is 10.6. The molecule has 1 amide bonds. The number of carbonyl (C=O) groups excluding carboxylic acids is 1. The van der Waals surface area contributed by atoms with Gasteiger partial charge >= 0.3 is 0 Å². The lowest BCUT2D eigenvalue weighted by atomic mass is 10.0. The van der Waals surface area contributed by atoms with Gasteiger partial charge in [0, 0.05) is 25.6 Å². The predicted molar refractivity (Wildman–Crippen MR) is 92.9 cm³/mol. The van der Waals surface area contributed by atoms with Crippen molar-refractivity contribution in [3.05, 3.63) is 17.5 Å². The van der Waals surface area contributed by atoms with Crippen LogP contribution in [0.3, 0.4) is 0 Å². The minimum Gasteiger partial charge on any atom is -0.356 e. The van der Waals surface area contributed by atoms with Gasteiger partial charge in [0.25, 0.3) is 10.0 Å². The summed E-state index contributed by atoms with van der Waals surface area (Å²) in [7, 11) is -3.40. The van der Waals surface area contributed by atoms with E-state index in [1.165, 1.54) is 11.3 Å². The second kappa shape index (κ2) is 8.26. The van der Waals surface area contributed by atoms with E-state index in [4.69, 9.17) is 0 Å². The quantitative estimate of drug-likeness (QED) is 0.815. The van der Waals surface area contributed by atoms with Gasteiger partial charge in [-0.3, -0.25) is 4.79 Å². The standard InChI is InChI=1S/C16H26N2O3S2/c1-13(2)12-15(19)17-9-8-14-6-3-4-10-18(14)23(20,21)16-7-5-11-22-16/h5,7,11,13-14H,3-4,6,8-10,12H2,1-2H3,(H,17,19). The highest BCUT2D eigenvalue weighted by Crippen LogP contribution is 2.28. The number of nitrogens with zero attached hydrogens (tertiary/aromatic N) is 1. The minimum atomic E-state index is -3.40. The van der Waals surface area contributed by atoms with Crippen molar-refractivity contribution in [3.63, 3.8) is 0 Å². The number of thiophene rings is 1. The molecule has 1 atom stereocenters. The molecule has 0 spiro atoms. The van der Waals surface area contributed by atoms with Crippen LogP contribution < -0.4 is 5.32 Å². The molecule has 130 valence electrons. The van der Waals surface area contributed by atoms with Gasteiger partial charge in [0.1, 0.15) is 4.21 Å². The average molecular weight is 359 g/mol. The van der Waals surface area contributed by atoms with Crippen molar-refractivity contribution in [2.45, 2.75) is 56.2 Å². The SMILES string of the molecule is CC(C)CC(=O)NCCC1CCCCN1S(=O)(=O)c1cccs1. The first-order valence-electron chi connectivity index (χ1n) is 8.23. The van der Waals surface area contributed by atoms with Crippen LogP contribution in [0.5, 0.6) is 0 Å². The number of piperidine rings is 1. The molecule has 23 heavy (non-hydrogen) atoms. The molecule has 1 saturated heterocycles.